The molecule has 82 valence electrons. The number of aromatic nitrogens is 2. The van der Waals surface area contributed by atoms with Crippen LogP contribution in [-0.2, 0) is 0 Å². The third-order valence-corrected chi connectivity index (χ3v) is 1.34. The highest BCUT2D eigenvalue weighted by Crippen LogP contribution is 2.00. The molecule has 0 saturated carbocycles. The van der Waals surface area contributed by atoms with Gasteiger partial charge < -0.3 is 10.1 Å². The molecule has 0 fully saturated rings. The lowest BCUT2D eigenvalue weighted by atomic mass is 10.4. The van der Waals surface area contributed by atoms with Crippen molar-refractivity contribution >= 4 is 0 Å². The van der Waals surface area contributed by atoms with Gasteiger partial charge in [-0.2, -0.15) is 5.26 Å². The number of ether oxygens (including phenoxy) is 1. The largest absolute Gasteiger partial charge is 0.462 e. The van der Waals surface area contributed by atoms with Crippen molar-refractivity contribution < 1.29 is 4.74 Å². The zero-order valence-corrected chi connectivity index (χ0v) is 9.32. The number of nitriles is 1. The van der Waals surface area contributed by atoms with Crippen LogP contribution in [0.25, 0.3) is 0 Å². The predicted octanol–water partition coefficient (Wildman–Crippen LogP) is 0.973. The van der Waals surface area contributed by atoms with Gasteiger partial charge in [0.2, 0.25) is 0 Å². The van der Waals surface area contributed by atoms with Crippen molar-refractivity contribution in [2.75, 3.05) is 20.2 Å². The number of likely N-dealkylation sites (N-methyl/N-ethyl adjacent to an activating group) is 1. The van der Waals surface area contributed by atoms with Crippen molar-refractivity contribution in [2.24, 2.45) is 0 Å². The van der Waals surface area contributed by atoms with E-state index in [-0.39, 0.29) is 0 Å². The topological polar surface area (TPSA) is 70.8 Å². The number of rotatable bonds is 4. The lowest BCUT2D eigenvalue weighted by Gasteiger charge is -2.01. The summed E-state index contributed by atoms with van der Waals surface area (Å²) in [5, 5.41) is 11.4. The number of nitrogens with zero attached hydrogens (tertiary/aromatic N) is 3. The molecular formula is C10H16N4O. The molecule has 0 spiro atoms. The average molecular weight is 208 g/mol. The lowest BCUT2D eigenvalue weighted by Crippen LogP contribution is -2.16. The fourth-order valence-electron chi connectivity index (χ4n) is 0.693. The Morgan fingerprint density at radius 1 is 1.40 bits per heavy atom. The summed E-state index contributed by atoms with van der Waals surface area (Å²) in [6, 6.07) is 2.23. The molecule has 0 amide bonds. The van der Waals surface area contributed by atoms with Crippen LogP contribution in [0.5, 0.6) is 6.01 Å². The van der Waals surface area contributed by atoms with Crippen LogP contribution >= 0.6 is 0 Å². The minimum absolute atomic E-state index is 0.300. The van der Waals surface area contributed by atoms with Crippen LogP contribution in [0.2, 0.25) is 0 Å². The molecular weight excluding hydrogens is 192 g/mol. The Hall–Kier alpha value is -1.67. The van der Waals surface area contributed by atoms with E-state index < -0.39 is 0 Å². The van der Waals surface area contributed by atoms with E-state index in [4.69, 9.17) is 10.00 Å². The molecule has 0 radical (unpaired) electrons. The molecule has 0 unspecified atom stereocenters. The second-order valence-electron chi connectivity index (χ2n) is 2.32. The van der Waals surface area contributed by atoms with Crippen molar-refractivity contribution in [1.82, 2.24) is 15.3 Å². The van der Waals surface area contributed by atoms with Crippen LogP contribution < -0.4 is 10.1 Å². The van der Waals surface area contributed by atoms with E-state index in [2.05, 4.69) is 15.3 Å². The third-order valence-electron chi connectivity index (χ3n) is 1.34. The molecule has 5 nitrogen and oxygen atoms in total. The van der Waals surface area contributed by atoms with Crippen molar-refractivity contribution in [3.05, 3.63) is 18.0 Å². The van der Waals surface area contributed by atoms with E-state index in [1.807, 2.05) is 27.0 Å². The molecule has 0 aliphatic rings. The van der Waals surface area contributed by atoms with Gasteiger partial charge in [0.1, 0.15) is 12.7 Å². The normalized spacial score (nSPS) is 8.40. The first-order valence-corrected chi connectivity index (χ1v) is 4.86. The second kappa shape index (κ2) is 8.91. The number of hydrogen-bond acceptors (Lipinski definition) is 5. The quantitative estimate of drug-likeness (QED) is 0.746. The Morgan fingerprint density at radius 3 is 2.47 bits per heavy atom. The van der Waals surface area contributed by atoms with E-state index in [0.29, 0.717) is 18.2 Å². The molecule has 1 aromatic heterocycles. The van der Waals surface area contributed by atoms with Crippen LogP contribution in [0.3, 0.4) is 0 Å². The molecule has 0 atom stereocenters. The van der Waals surface area contributed by atoms with E-state index in [0.717, 1.165) is 6.54 Å². The smallest absolute Gasteiger partial charge is 0.316 e. The first kappa shape index (κ1) is 13.3. The van der Waals surface area contributed by atoms with Crippen LogP contribution in [-0.4, -0.2) is 30.2 Å². The van der Waals surface area contributed by atoms with Gasteiger partial charge in [-0.3, -0.25) is 0 Å². The summed E-state index contributed by atoms with van der Waals surface area (Å²) in [5.41, 5.74) is 0.431. The monoisotopic (exact) mass is 208 g/mol. The minimum Gasteiger partial charge on any atom is -0.462 e. The Morgan fingerprint density at radius 2 is 2.00 bits per heavy atom. The summed E-state index contributed by atoms with van der Waals surface area (Å²) in [5.74, 6) is 0. The van der Waals surface area contributed by atoms with E-state index in [1.54, 1.807) is 0 Å². The molecule has 0 aliphatic heterocycles. The molecule has 0 aromatic carbocycles. The van der Waals surface area contributed by atoms with Gasteiger partial charge in [0, 0.05) is 6.54 Å². The van der Waals surface area contributed by atoms with Gasteiger partial charge in [-0.25, -0.2) is 9.97 Å². The first-order chi connectivity index (χ1) is 7.36. The van der Waals surface area contributed by atoms with Gasteiger partial charge in [-0.1, -0.05) is 13.8 Å². The summed E-state index contributed by atoms with van der Waals surface area (Å²) in [4.78, 5) is 7.68. The van der Waals surface area contributed by atoms with Gasteiger partial charge in [0.05, 0.1) is 18.0 Å². The predicted molar refractivity (Wildman–Crippen MR) is 57.5 cm³/mol. The molecule has 1 heterocycles. The maximum atomic E-state index is 8.46. The summed E-state index contributed by atoms with van der Waals surface area (Å²) in [6.45, 7) is 5.26. The highest BCUT2D eigenvalue weighted by Gasteiger charge is 1.96. The molecule has 0 aliphatic carbocycles. The molecule has 0 bridgehead atoms. The lowest BCUT2D eigenvalue weighted by molar-refractivity contribution is 0.293. The van der Waals surface area contributed by atoms with Crippen molar-refractivity contribution in [3.8, 4) is 12.1 Å². The second-order valence-corrected chi connectivity index (χ2v) is 2.32. The van der Waals surface area contributed by atoms with E-state index in [1.165, 1.54) is 12.4 Å². The molecule has 1 aromatic rings. The molecule has 0 saturated heterocycles. The van der Waals surface area contributed by atoms with Gasteiger partial charge in [0.25, 0.3) is 0 Å². The Bertz CT molecular complexity index is 291. The Kier molecular flexibility index (Phi) is 7.92. The first-order valence-electron chi connectivity index (χ1n) is 4.86. The molecule has 1 N–H and O–H groups in total. The van der Waals surface area contributed by atoms with Gasteiger partial charge in [-0.15, -0.1) is 0 Å². The average Bonchev–Trinajstić information content (AvgIpc) is 2.33. The summed E-state index contributed by atoms with van der Waals surface area (Å²) in [7, 11) is 1.84. The summed E-state index contributed by atoms with van der Waals surface area (Å²) in [6.07, 6.45) is 2.86. The SMILES string of the molecule is CC.CNCCOc1ncc(C#N)cn1. The number of hydrogen-bond donors (Lipinski definition) is 1. The maximum Gasteiger partial charge on any atom is 0.316 e. The Labute approximate surface area is 90.1 Å². The minimum atomic E-state index is 0.300. The maximum absolute atomic E-state index is 8.46. The van der Waals surface area contributed by atoms with Gasteiger partial charge in [0.15, 0.2) is 0 Å². The van der Waals surface area contributed by atoms with Crippen LogP contribution in [0.15, 0.2) is 12.4 Å². The number of nitrogens with one attached hydrogen (secondary N) is 1. The van der Waals surface area contributed by atoms with E-state index in [9.17, 15) is 0 Å². The van der Waals surface area contributed by atoms with Crippen molar-refractivity contribution in [2.45, 2.75) is 13.8 Å². The van der Waals surface area contributed by atoms with Crippen molar-refractivity contribution in [3.63, 3.8) is 0 Å². The summed E-state index contributed by atoms with van der Waals surface area (Å²) < 4.78 is 5.15. The van der Waals surface area contributed by atoms with Gasteiger partial charge >= 0.3 is 6.01 Å². The standard InChI is InChI=1S/C8H10N4O.C2H6/c1-10-2-3-13-8-11-5-7(4-9)6-12-8;1-2/h5-6,10H,2-3H2,1H3;1-2H3. The third kappa shape index (κ3) is 5.60. The molecule has 1 rings (SSSR count). The zero-order valence-electron chi connectivity index (χ0n) is 9.32. The molecule has 5 heteroatoms. The summed E-state index contributed by atoms with van der Waals surface area (Å²) >= 11 is 0. The van der Waals surface area contributed by atoms with E-state index >= 15 is 0 Å². The van der Waals surface area contributed by atoms with Gasteiger partial charge in [-0.05, 0) is 7.05 Å². The zero-order chi connectivity index (χ0) is 11.5. The van der Waals surface area contributed by atoms with Crippen molar-refractivity contribution in [1.29, 1.82) is 5.26 Å². The van der Waals surface area contributed by atoms with Crippen LogP contribution in [0.4, 0.5) is 0 Å². The highest BCUT2D eigenvalue weighted by molar-refractivity contribution is 5.22. The Balaban J connectivity index is 0.000000921. The van der Waals surface area contributed by atoms with Crippen LogP contribution in [0, 0.1) is 11.3 Å². The fraction of sp³-hybridized carbons (Fsp3) is 0.500. The highest BCUT2D eigenvalue weighted by atomic mass is 16.5. The molecule has 15 heavy (non-hydrogen) atoms. The fourth-order valence-corrected chi connectivity index (χ4v) is 0.693. The van der Waals surface area contributed by atoms with Crippen LogP contribution in [0.1, 0.15) is 19.4 Å².